The molecule has 0 radical (unpaired) electrons. The number of carbonyl (C=O) groups is 1. The minimum Gasteiger partial charge on any atom is -0.493 e. The molecule has 0 aliphatic rings. The first kappa shape index (κ1) is 14.7. The lowest BCUT2D eigenvalue weighted by Crippen LogP contribution is -2.28. The van der Waals surface area contributed by atoms with Crippen LogP contribution in [0.3, 0.4) is 0 Å². The van der Waals surface area contributed by atoms with Crippen molar-refractivity contribution < 1.29 is 14.3 Å². The molecule has 2 rings (SSSR count). The van der Waals surface area contributed by atoms with Gasteiger partial charge in [0, 0.05) is 18.3 Å². The molecule has 0 aliphatic heterocycles. The first-order chi connectivity index (χ1) is 10.2. The molecule has 0 bridgehead atoms. The van der Waals surface area contributed by atoms with Gasteiger partial charge in [-0.05, 0) is 17.7 Å². The molecule has 110 valence electrons. The molecule has 0 fully saturated rings. The molecule has 0 saturated heterocycles. The van der Waals surface area contributed by atoms with E-state index in [4.69, 9.17) is 9.47 Å². The molecule has 0 atom stereocenters. The minimum atomic E-state index is -0.272. The van der Waals surface area contributed by atoms with Gasteiger partial charge in [-0.25, -0.2) is 4.79 Å². The summed E-state index contributed by atoms with van der Waals surface area (Å²) in [5, 5.41) is 5.54. The maximum Gasteiger partial charge on any atom is 0.319 e. The van der Waals surface area contributed by atoms with Crippen LogP contribution in [0.2, 0.25) is 0 Å². The molecule has 5 nitrogen and oxygen atoms in total. The molecular weight excluding hydrogens is 268 g/mol. The first-order valence-corrected chi connectivity index (χ1v) is 6.53. The van der Waals surface area contributed by atoms with E-state index < -0.39 is 0 Å². The SMILES string of the molecule is COc1ccc(NC(=O)NCc2ccccc2)cc1OC. The average molecular weight is 286 g/mol. The van der Waals surface area contributed by atoms with Gasteiger partial charge in [0.25, 0.3) is 0 Å². The second-order valence-electron chi connectivity index (χ2n) is 4.36. The Bertz CT molecular complexity index is 600. The van der Waals surface area contributed by atoms with Crippen LogP contribution in [0.25, 0.3) is 0 Å². The van der Waals surface area contributed by atoms with Crippen molar-refractivity contribution in [2.75, 3.05) is 19.5 Å². The summed E-state index contributed by atoms with van der Waals surface area (Å²) in [6.07, 6.45) is 0. The number of urea groups is 1. The zero-order valence-electron chi connectivity index (χ0n) is 12.1. The highest BCUT2D eigenvalue weighted by Crippen LogP contribution is 2.29. The second kappa shape index (κ2) is 7.19. The molecule has 5 heteroatoms. The van der Waals surface area contributed by atoms with E-state index in [1.54, 1.807) is 32.4 Å². The van der Waals surface area contributed by atoms with Crippen LogP contribution in [0, 0.1) is 0 Å². The quantitative estimate of drug-likeness (QED) is 0.888. The van der Waals surface area contributed by atoms with Crippen LogP contribution in [0.5, 0.6) is 11.5 Å². The van der Waals surface area contributed by atoms with Crippen molar-refractivity contribution in [1.29, 1.82) is 0 Å². The number of methoxy groups -OCH3 is 2. The van der Waals surface area contributed by atoms with Crippen molar-refractivity contribution in [3.63, 3.8) is 0 Å². The number of hydrogen-bond acceptors (Lipinski definition) is 3. The van der Waals surface area contributed by atoms with E-state index in [1.807, 2.05) is 30.3 Å². The lowest BCUT2D eigenvalue weighted by atomic mass is 10.2. The van der Waals surface area contributed by atoms with Gasteiger partial charge in [-0.1, -0.05) is 30.3 Å². The fourth-order valence-electron chi connectivity index (χ4n) is 1.87. The van der Waals surface area contributed by atoms with Crippen molar-refractivity contribution in [2.45, 2.75) is 6.54 Å². The Labute approximate surface area is 123 Å². The predicted octanol–water partition coefficient (Wildman–Crippen LogP) is 3.03. The summed E-state index contributed by atoms with van der Waals surface area (Å²) >= 11 is 0. The van der Waals surface area contributed by atoms with E-state index in [9.17, 15) is 4.79 Å². The predicted molar refractivity (Wildman–Crippen MR) is 81.8 cm³/mol. The number of hydrogen-bond donors (Lipinski definition) is 2. The number of rotatable bonds is 5. The molecule has 0 aromatic heterocycles. The number of nitrogens with one attached hydrogen (secondary N) is 2. The van der Waals surface area contributed by atoms with E-state index >= 15 is 0 Å². The molecule has 0 saturated carbocycles. The fraction of sp³-hybridized carbons (Fsp3) is 0.188. The summed E-state index contributed by atoms with van der Waals surface area (Å²) < 4.78 is 10.3. The molecule has 0 unspecified atom stereocenters. The van der Waals surface area contributed by atoms with Crippen LogP contribution in [-0.4, -0.2) is 20.3 Å². The van der Waals surface area contributed by atoms with E-state index in [0.29, 0.717) is 23.7 Å². The molecule has 2 aromatic rings. The normalized spacial score (nSPS) is 9.81. The third-order valence-electron chi connectivity index (χ3n) is 2.94. The van der Waals surface area contributed by atoms with E-state index in [1.165, 1.54) is 0 Å². The van der Waals surface area contributed by atoms with Crippen LogP contribution in [0.4, 0.5) is 10.5 Å². The van der Waals surface area contributed by atoms with Gasteiger partial charge >= 0.3 is 6.03 Å². The summed E-state index contributed by atoms with van der Waals surface area (Å²) in [5.74, 6) is 1.19. The molecule has 0 aliphatic carbocycles. The molecular formula is C16H18N2O3. The maximum atomic E-state index is 11.8. The molecule has 2 N–H and O–H groups in total. The molecule has 0 spiro atoms. The average Bonchev–Trinajstić information content (AvgIpc) is 2.53. The molecule has 2 aromatic carbocycles. The molecule has 0 heterocycles. The summed E-state index contributed by atoms with van der Waals surface area (Å²) in [7, 11) is 3.12. The minimum absolute atomic E-state index is 0.272. The van der Waals surface area contributed by atoms with Crippen molar-refractivity contribution in [2.24, 2.45) is 0 Å². The van der Waals surface area contributed by atoms with Gasteiger partial charge in [-0.3, -0.25) is 0 Å². The lowest BCUT2D eigenvalue weighted by Gasteiger charge is -2.11. The Morgan fingerprint density at radius 3 is 2.38 bits per heavy atom. The maximum absolute atomic E-state index is 11.8. The zero-order chi connectivity index (χ0) is 15.1. The van der Waals surface area contributed by atoms with Crippen LogP contribution >= 0.6 is 0 Å². The van der Waals surface area contributed by atoms with Crippen LogP contribution in [-0.2, 0) is 6.54 Å². The number of anilines is 1. The second-order valence-corrected chi connectivity index (χ2v) is 4.36. The Hall–Kier alpha value is -2.69. The van der Waals surface area contributed by atoms with Crippen LogP contribution < -0.4 is 20.1 Å². The van der Waals surface area contributed by atoms with Gasteiger partial charge in [0.1, 0.15) is 0 Å². The van der Waals surface area contributed by atoms with Crippen molar-refractivity contribution in [3.05, 3.63) is 54.1 Å². The zero-order valence-corrected chi connectivity index (χ0v) is 12.1. The molecule has 21 heavy (non-hydrogen) atoms. The smallest absolute Gasteiger partial charge is 0.319 e. The molecule has 2 amide bonds. The van der Waals surface area contributed by atoms with Crippen molar-refractivity contribution >= 4 is 11.7 Å². The van der Waals surface area contributed by atoms with Gasteiger partial charge in [-0.2, -0.15) is 0 Å². The fourth-order valence-corrected chi connectivity index (χ4v) is 1.87. The third-order valence-corrected chi connectivity index (χ3v) is 2.94. The number of amides is 2. The van der Waals surface area contributed by atoms with Gasteiger partial charge in [0.2, 0.25) is 0 Å². The topological polar surface area (TPSA) is 59.6 Å². The summed E-state index contributed by atoms with van der Waals surface area (Å²) in [6, 6.07) is 14.6. The Kier molecular flexibility index (Phi) is 5.04. The third kappa shape index (κ3) is 4.14. The number of ether oxygens (including phenoxy) is 2. The highest BCUT2D eigenvalue weighted by Gasteiger charge is 2.07. The largest absolute Gasteiger partial charge is 0.493 e. The Morgan fingerprint density at radius 1 is 1.00 bits per heavy atom. The van der Waals surface area contributed by atoms with Gasteiger partial charge in [0.15, 0.2) is 11.5 Å². The first-order valence-electron chi connectivity index (χ1n) is 6.53. The Morgan fingerprint density at radius 2 is 1.71 bits per heavy atom. The van der Waals surface area contributed by atoms with E-state index in [0.717, 1.165) is 5.56 Å². The Balaban J connectivity index is 1.93. The standard InChI is InChI=1S/C16H18N2O3/c1-20-14-9-8-13(10-15(14)21-2)18-16(19)17-11-12-6-4-3-5-7-12/h3-10H,11H2,1-2H3,(H2,17,18,19). The lowest BCUT2D eigenvalue weighted by molar-refractivity contribution is 0.251. The summed E-state index contributed by atoms with van der Waals surface area (Å²) in [6.45, 7) is 0.472. The van der Waals surface area contributed by atoms with Gasteiger partial charge < -0.3 is 20.1 Å². The summed E-state index contributed by atoms with van der Waals surface area (Å²) in [5.41, 5.74) is 1.68. The highest BCUT2D eigenvalue weighted by atomic mass is 16.5. The highest BCUT2D eigenvalue weighted by molar-refractivity contribution is 5.89. The van der Waals surface area contributed by atoms with Gasteiger partial charge in [-0.15, -0.1) is 0 Å². The van der Waals surface area contributed by atoms with E-state index in [-0.39, 0.29) is 6.03 Å². The van der Waals surface area contributed by atoms with Crippen molar-refractivity contribution in [1.82, 2.24) is 5.32 Å². The van der Waals surface area contributed by atoms with Crippen LogP contribution in [0.15, 0.2) is 48.5 Å². The van der Waals surface area contributed by atoms with E-state index in [2.05, 4.69) is 10.6 Å². The summed E-state index contributed by atoms with van der Waals surface area (Å²) in [4.78, 5) is 11.8. The van der Waals surface area contributed by atoms with Gasteiger partial charge in [0.05, 0.1) is 14.2 Å². The van der Waals surface area contributed by atoms with Crippen molar-refractivity contribution in [3.8, 4) is 11.5 Å². The van der Waals surface area contributed by atoms with Crippen LogP contribution in [0.1, 0.15) is 5.56 Å². The number of carbonyl (C=O) groups excluding carboxylic acids is 1. The monoisotopic (exact) mass is 286 g/mol. The number of benzene rings is 2.